The van der Waals surface area contributed by atoms with Crippen LogP contribution < -0.4 is 0 Å². The second-order valence-electron chi connectivity index (χ2n) is 8.03. The summed E-state index contributed by atoms with van der Waals surface area (Å²) < 4.78 is 25.6. The number of sulfone groups is 1. The Morgan fingerprint density at radius 3 is 2.48 bits per heavy atom. The molecule has 0 amide bonds. The lowest BCUT2D eigenvalue weighted by atomic mass is 10.1. The molecule has 0 saturated heterocycles. The zero-order valence-electron chi connectivity index (χ0n) is 18.2. The molecule has 33 heavy (non-hydrogen) atoms. The predicted octanol–water partition coefficient (Wildman–Crippen LogP) is 5.84. The smallest absolute Gasteiger partial charge is 0.175 e. The van der Waals surface area contributed by atoms with Gasteiger partial charge in [0.1, 0.15) is 5.60 Å². The summed E-state index contributed by atoms with van der Waals surface area (Å²) in [4.78, 5) is 4.91. The highest BCUT2D eigenvalue weighted by atomic mass is 32.2. The van der Waals surface area contributed by atoms with Gasteiger partial charge in [-0.2, -0.15) is 5.10 Å². The molecule has 168 valence electrons. The van der Waals surface area contributed by atoms with E-state index in [0.717, 1.165) is 15.3 Å². The normalized spacial score (nSPS) is 11.9. The number of hydrogen-bond donors (Lipinski definition) is 1. The Hall–Kier alpha value is -3.43. The van der Waals surface area contributed by atoms with E-state index in [1.54, 1.807) is 61.0 Å². The highest BCUT2D eigenvalue weighted by molar-refractivity contribution is 7.90. The van der Waals surface area contributed by atoms with E-state index in [1.807, 2.05) is 24.3 Å². The van der Waals surface area contributed by atoms with E-state index in [-0.39, 0.29) is 4.90 Å². The quantitative estimate of drug-likeness (QED) is 0.212. The molecule has 0 aliphatic heterocycles. The number of rotatable bonds is 6. The molecule has 1 N–H and O–H groups in total. The third-order valence-electron chi connectivity index (χ3n) is 5.00. The van der Waals surface area contributed by atoms with Gasteiger partial charge >= 0.3 is 0 Å². The molecule has 2 aromatic carbocycles. The summed E-state index contributed by atoms with van der Waals surface area (Å²) in [7, 11) is -3.32. The van der Waals surface area contributed by atoms with Crippen LogP contribution >= 0.6 is 11.3 Å². The van der Waals surface area contributed by atoms with E-state index >= 15 is 0 Å². The Balaban J connectivity index is 1.87. The Kier molecular flexibility index (Phi) is 5.85. The molecule has 0 aliphatic carbocycles. The highest BCUT2D eigenvalue weighted by Gasteiger charge is 2.24. The Labute approximate surface area is 195 Å². The molecular weight excluding hydrogens is 458 g/mol. The highest BCUT2D eigenvalue weighted by Crippen LogP contribution is 2.38. The monoisotopic (exact) mass is 479 g/mol. The zero-order valence-corrected chi connectivity index (χ0v) is 19.8. The second kappa shape index (κ2) is 8.49. The summed E-state index contributed by atoms with van der Waals surface area (Å²) in [6, 6.07) is 19.5. The lowest BCUT2D eigenvalue weighted by Gasteiger charge is -2.13. The molecule has 0 saturated carbocycles. The van der Waals surface area contributed by atoms with Crippen LogP contribution in [0.2, 0.25) is 0 Å². The van der Waals surface area contributed by atoms with Crippen molar-refractivity contribution in [3.8, 4) is 26.7 Å². The third-order valence-corrected chi connectivity index (χ3v) is 7.27. The van der Waals surface area contributed by atoms with Gasteiger partial charge in [-0.05, 0) is 61.3 Å². The molecule has 4 aromatic rings. The lowest BCUT2D eigenvalue weighted by molar-refractivity contribution is 0.0734. The Morgan fingerprint density at radius 1 is 1.06 bits per heavy atom. The van der Waals surface area contributed by atoms with Crippen LogP contribution in [0.3, 0.4) is 0 Å². The molecular formula is C23H21N5O3S2. The minimum absolute atomic E-state index is 0.257. The predicted molar refractivity (Wildman–Crippen MR) is 129 cm³/mol. The van der Waals surface area contributed by atoms with Crippen LogP contribution in [-0.4, -0.2) is 29.6 Å². The van der Waals surface area contributed by atoms with E-state index < -0.39 is 15.4 Å². The molecule has 0 radical (unpaired) electrons. The van der Waals surface area contributed by atoms with E-state index in [1.165, 1.54) is 17.6 Å². The van der Waals surface area contributed by atoms with E-state index in [2.05, 4.69) is 15.1 Å². The van der Waals surface area contributed by atoms with Crippen LogP contribution in [0.15, 0.2) is 76.7 Å². The van der Waals surface area contributed by atoms with Crippen LogP contribution in [0.1, 0.15) is 19.5 Å². The first-order valence-electron chi connectivity index (χ1n) is 9.96. The van der Waals surface area contributed by atoms with Gasteiger partial charge < -0.3 is 5.11 Å². The maximum Gasteiger partial charge on any atom is 0.175 e. The van der Waals surface area contributed by atoms with Gasteiger partial charge in [-0.1, -0.05) is 35.4 Å². The maximum atomic E-state index is 12.0. The van der Waals surface area contributed by atoms with Gasteiger partial charge in [0, 0.05) is 16.0 Å². The SMILES string of the molecule is CC(C)(O)c1cc(-c2ccc(-c3cccc(S(C)(=O)=O)c3)s2)n(-c2ccccc2N=[N+]=[N-])n1. The van der Waals surface area contributed by atoms with E-state index in [0.29, 0.717) is 22.8 Å². The summed E-state index contributed by atoms with van der Waals surface area (Å²) in [5, 5.41) is 19.0. The number of nitrogens with zero attached hydrogens (tertiary/aromatic N) is 5. The fraction of sp³-hybridized carbons (Fsp3) is 0.174. The van der Waals surface area contributed by atoms with E-state index in [4.69, 9.17) is 5.53 Å². The standard InChI is InChI=1S/C23H21N5O3S2/c1-23(2,29)22-14-19(28(26-22)18-10-5-4-9-17(18)25-27-24)21-12-11-20(32-21)15-7-6-8-16(13-15)33(3,30)31/h4-14,29H,1-3H3. The third kappa shape index (κ3) is 4.69. The number of benzene rings is 2. The van der Waals surface area contributed by atoms with Crippen LogP contribution in [0.4, 0.5) is 5.69 Å². The second-order valence-corrected chi connectivity index (χ2v) is 11.1. The average molecular weight is 480 g/mol. The number of azide groups is 1. The number of hydrogen-bond acceptors (Lipinski definition) is 6. The van der Waals surface area contributed by atoms with Crippen molar-refractivity contribution in [2.45, 2.75) is 24.3 Å². The average Bonchev–Trinajstić information content (AvgIpc) is 3.41. The molecule has 0 spiro atoms. The zero-order chi connectivity index (χ0) is 23.8. The van der Waals surface area contributed by atoms with Crippen molar-refractivity contribution in [1.29, 1.82) is 0 Å². The molecule has 0 unspecified atom stereocenters. The van der Waals surface area contributed by atoms with Crippen LogP contribution in [-0.2, 0) is 15.4 Å². The minimum Gasteiger partial charge on any atom is -0.384 e. The molecule has 0 aliphatic rings. The summed E-state index contributed by atoms with van der Waals surface area (Å²) >= 11 is 1.47. The van der Waals surface area contributed by atoms with Crippen molar-refractivity contribution < 1.29 is 13.5 Å². The molecule has 0 fully saturated rings. The van der Waals surface area contributed by atoms with E-state index in [9.17, 15) is 13.5 Å². The summed E-state index contributed by atoms with van der Waals surface area (Å²) in [5.41, 5.74) is 10.7. The number of thiophene rings is 1. The maximum absolute atomic E-state index is 12.0. The topological polar surface area (TPSA) is 121 Å². The molecule has 8 nitrogen and oxygen atoms in total. The first kappa shape index (κ1) is 22.8. The van der Waals surface area contributed by atoms with Gasteiger partial charge in [0.25, 0.3) is 0 Å². The van der Waals surface area contributed by atoms with Gasteiger partial charge in [0.05, 0.1) is 32.5 Å². The largest absolute Gasteiger partial charge is 0.384 e. The molecule has 10 heteroatoms. The molecule has 0 bridgehead atoms. The van der Waals surface area contributed by atoms with Gasteiger partial charge in [-0.3, -0.25) is 0 Å². The summed E-state index contributed by atoms with van der Waals surface area (Å²) in [5.74, 6) is 0. The molecule has 2 aromatic heterocycles. The number of aliphatic hydroxyl groups is 1. The van der Waals surface area contributed by atoms with Gasteiger partial charge in [0.15, 0.2) is 9.84 Å². The van der Waals surface area contributed by atoms with Gasteiger partial charge in [0.2, 0.25) is 0 Å². The van der Waals surface area contributed by atoms with Crippen LogP contribution in [0.5, 0.6) is 0 Å². The van der Waals surface area contributed by atoms with Crippen LogP contribution in [0.25, 0.3) is 37.1 Å². The molecule has 2 heterocycles. The first-order valence-corrected chi connectivity index (χ1v) is 12.7. The molecule has 4 rings (SSSR count). The Bertz CT molecular complexity index is 1490. The van der Waals surface area contributed by atoms with Crippen molar-refractivity contribution in [2.75, 3.05) is 6.26 Å². The van der Waals surface area contributed by atoms with Crippen molar-refractivity contribution in [2.24, 2.45) is 5.11 Å². The van der Waals surface area contributed by atoms with Crippen molar-refractivity contribution in [1.82, 2.24) is 9.78 Å². The number of aromatic nitrogens is 2. The lowest BCUT2D eigenvalue weighted by Crippen LogP contribution is -2.16. The van der Waals surface area contributed by atoms with Crippen molar-refractivity contribution in [3.05, 3.63) is 82.9 Å². The van der Waals surface area contributed by atoms with Crippen molar-refractivity contribution in [3.63, 3.8) is 0 Å². The Morgan fingerprint density at radius 2 is 1.79 bits per heavy atom. The fourth-order valence-electron chi connectivity index (χ4n) is 3.33. The van der Waals surface area contributed by atoms with Crippen molar-refractivity contribution >= 4 is 26.9 Å². The summed E-state index contributed by atoms with van der Waals surface area (Å²) in [6.45, 7) is 3.30. The molecule has 0 atom stereocenters. The summed E-state index contributed by atoms with van der Waals surface area (Å²) in [6.07, 6.45) is 1.18. The fourth-order valence-corrected chi connectivity index (χ4v) is 5.00. The van der Waals surface area contributed by atoms with Crippen LogP contribution in [0, 0.1) is 0 Å². The number of para-hydroxylation sites is 1. The van der Waals surface area contributed by atoms with Gasteiger partial charge in [-0.25, -0.2) is 13.1 Å². The van der Waals surface area contributed by atoms with Gasteiger partial charge in [-0.15, -0.1) is 11.3 Å². The first-order chi connectivity index (χ1) is 15.6. The minimum atomic E-state index is -3.32.